The van der Waals surface area contributed by atoms with Gasteiger partial charge in [0.15, 0.2) is 0 Å². The summed E-state index contributed by atoms with van der Waals surface area (Å²) < 4.78 is 37.0. The van der Waals surface area contributed by atoms with Crippen molar-refractivity contribution in [2.24, 2.45) is 0 Å². The van der Waals surface area contributed by atoms with Crippen molar-refractivity contribution >= 4 is 10.1 Å². The molecule has 0 aromatic carbocycles. The zero-order valence-electron chi connectivity index (χ0n) is 17.6. The molecule has 26 heavy (non-hydrogen) atoms. The third kappa shape index (κ3) is 21.2. The van der Waals surface area contributed by atoms with E-state index in [4.69, 9.17) is 4.74 Å². The molecule has 0 radical (unpaired) electrons. The zero-order chi connectivity index (χ0) is 18.8. The molecule has 4 nitrogen and oxygen atoms in total. The van der Waals surface area contributed by atoms with Gasteiger partial charge < -0.3 is 9.29 Å². The van der Waals surface area contributed by atoms with E-state index >= 15 is 0 Å². The van der Waals surface area contributed by atoms with Crippen LogP contribution in [0.2, 0.25) is 0 Å². The summed E-state index contributed by atoms with van der Waals surface area (Å²) in [7, 11) is -4.30. The van der Waals surface area contributed by atoms with E-state index < -0.39 is 15.6 Å². The van der Waals surface area contributed by atoms with E-state index in [1.54, 1.807) is 0 Å². The van der Waals surface area contributed by atoms with E-state index in [1.807, 2.05) is 0 Å². The van der Waals surface area contributed by atoms with Gasteiger partial charge in [-0.2, -0.15) is 0 Å². The second-order valence-corrected chi connectivity index (χ2v) is 8.88. The number of hydrogen-bond acceptors (Lipinski definition) is 4. The Morgan fingerprint density at radius 3 is 1.31 bits per heavy atom. The van der Waals surface area contributed by atoms with Gasteiger partial charge in [0.1, 0.15) is 15.6 Å². The van der Waals surface area contributed by atoms with Crippen molar-refractivity contribution in [3.8, 4) is 0 Å². The molecule has 1 atom stereocenters. The maximum Gasteiger partial charge on any atom is 1.00 e. The van der Waals surface area contributed by atoms with Gasteiger partial charge in [-0.25, -0.2) is 8.42 Å². The zero-order valence-corrected chi connectivity index (χ0v) is 20.5. The quantitative estimate of drug-likeness (QED) is 0.190. The normalized spacial score (nSPS) is 12.7. The third-order valence-electron chi connectivity index (χ3n) is 4.76. The summed E-state index contributed by atoms with van der Waals surface area (Å²) >= 11 is 0. The Kier molecular flexibility index (Phi) is 23.0. The fraction of sp³-hybridized carbons (Fsp3) is 1.00. The molecule has 0 aliphatic heterocycles. The van der Waals surface area contributed by atoms with Crippen molar-refractivity contribution in [3.05, 3.63) is 0 Å². The smallest absolute Gasteiger partial charge is 0.746 e. The summed E-state index contributed by atoms with van der Waals surface area (Å²) in [5.41, 5.74) is -1.22. The summed E-state index contributed by atoms with van der Waals surface area (Å²) in [5, 5.41) is 0. The number of rotatable bonds is 19. The molecular weight excluding hydrogens is 359 g/mol. The van der Waals surface area contributed by atoms with Crippen molar-refractivity contribution in [3.63, 3.8) is 0 Å². The molecule has 1 unspecified atom stereocenters. The minimum Gasteiger partial charge on any atom is -0.746 e. The van der Waals surface area contributed by atoms with Gasteiger partial charge in [-0.1, -0.05) is 103 Å². The fourth-order valence-electron chi connectivity index (χ4n) is 2.98. The average Bonchev–Trinajstić information content (AvgIpc) is 2.56. The second-order valence-electron chi connectivity index (χ2n) is 7.23. The van der Waals surface area contributed by atoms with Crippen LogP contribution in [0.4, 0.5) is 0 Å². The maximum absolute atomic E-state index is 10.7. The Balaban J connectivity index is 0. The molecule has 0 aromatic rings. The minimum absolute atomic E-state index is 0. The van der Waals surface area contributed by atoms with Gasteiger partial charge in [0.2, 0.25) is 0 Å². The molecule has 0 saturated heterocycles. The molecule has 0 spiro atoms. The van der Waals surface area contributed by atoms with Crippen molar-refractivity contribution in [1.82, 2.24) is 0 Å². The molecule has 0 heterocycles. The SMILES string of the molecule is CCCCCCCCCCCCCCCCCCOC(C)S(=O)(=O)[O-].[Na+]. The van der Waals surface area contributed by atoms with E-state index in [9.17, 15) is 13.0 Å². The third-order valence-corrected chi connectivity index (χ3v) is 5.71. The first-order chi connectivity index (χ1) is 12.0. The van der Waals surface area contributed by atoms with Crippen LogP contribution in [0.3, 0.4) is 0 Å². The van der Waals surface area contributed by atoms with E-state index in [1.165, 1.54) is 96.8 Å². The van der Waals surface area contributed by atoms with Gasteiger partial charge >= 0.3 is 29.6 Å². The summed E-state index contributed by atoms with van der Waals surface area (Å²) in [4.78, 5) is 0. The van der Waals surface area contributed by atoms with E-state index in [-0.39, 0.29) is 29.6 Å². The molecule has 0 bridgehead atoms. The van der Waals surface area contributed by atoms with Gasteiger partial charge in [-0.05, 0) is 13.3 Å². The van der Waals surface area contributed by atoms with Crippen LogP contribution in [-0.2, 0) is 14.9 Å². The number of hydrogen-bond donors (Lipinski definition) is 0. The summed E-state index contributed by atoms with van der Waals surface area (Å²) in [6.45, 7) is 3.93. The van der Waals surface area contributed by atoms with Crippen molar-refractivity contribution in [2.75, 3.05) is 6.61 Å². The van der Waals surface area contributed by atoms with Crippen LogP contribution in [0, 0.1) is 0 Å². The predicted octanol–water partition coefficient (Wildman–Crippen LogP) is 3.16. The van der Waals surface area contributed by atoms with Gasteiger partial charge in [-0.3, -0.25) is 0 Å². The van der Waals surface area contributed by atoms with Crippen LogP contribution in [-0.4, -0.2) is 25.0 Å². The molecule has 0 aliphatic carbocycles. The fourth-order valence-corrected chi connectivity index (χ4v) is 3.25. The standard InChI is InChI=1S/C20H42O4S.Na/c1-3-4-5-6-7-8-9-10-11-12-13-14-15-16-17-18-19-24-20(2)25(21,22)23;/h20H,3-19H2,1-2H3,(H,21,22,23);/q;+1/p-1. The monoisotopic (exact) mass is 400 g/mol. The molecule has 0 fully saturated rings. The van der Waals surface area contributed by atoms with E-state index in [0.29, 0.717) is 6.61 Å². The molecule has 0 rings (SSSR count). The summed E-state index contributed by atoms with van der Waals surface area (Å²) in [6, 6.07) is 0. The molecule has 0 aromatic heterocycles. The molecule has 6 heteroatoms. The summed E-state index contributed by atoms with van der Waals surface area (Å²) in [5.74, 6) is 0. The van der Waals surface area contributed by atoms with E-state index in [2.05, 4.69) is 6.92 Å². The first-order valence-electron chi connectivity index (χ1n) is 10.5. The minimum atomic E-state index is -4.30. The average molecular weight is 401 g/mol. The van der Waals surface area contributed by atoms with Crippen molar-refractivity contribution < 1.29 is 47.3 Å². The Labute approximate surface area is 185 Å². The van der Waals surface area contributed by atoms with E-state index in [0.717, 1.165) is 12.8 Å². The van der Waals surface area contributed by atoms with Crippen LogP contribution in [0.15, 0.2) is 0 Å². The molecular formula is C20H41NaO4S. The molecule has 0 saturated carbocycles. The largest absolute Gasteiger partial charge is 1.00 e. The van der Waals surface area contributed by atoms with Crippen LogP contribution in [0.25, 0.3) is 0 Å². The predicted molar refractivity (Wildman–Crippen MR) is 105 cm³/mol. The Bertz CT molecular complexity index is 374. The van der Waals surface area contributed by atoms with Crippen LogP contribution in [0.1, 0.15) is 117 Å². The van der Waals surface area contributed by atoms with Gasteiger partial charge in [-0.15, -0.1) is 0 Å². The molecule has 0 amide bonds. The van der Waals surface area contributed by atoms with Crippen molar-refractivity contribution in [1.29, 1.82) is 0 Å². The molecule has 0 aliphatic rings. The second kappa shape index (κ2) is 20.6. The number of ether oxygens (including phenoxy) is 1. The van der Waals surface area contributed by atoms with Crippen LogP contribution < -0.4 is 29.6 Å². The maximum atomic E-state index is 10.7. The first-order valence-corrected chi connectivity index (χ1v) is 12.0. The Hall–Kier alpha value is 0.870. The van der Waals surface area contributed by atoms with Gasteiger partial charge in [0.05, 0.1) is 0 Å². The van der Waals surface area contributed by atoms with Crippen molar-refractivity contribution in [2.45, 2.75) is 122 Å². The van der Waals surface area contributed by atoms with Gasteiger partial charge in [0.25, 0.3) is 0 Å². The number of unbranched alkanes of at least 4 members (excludes halogenated alkanes) is 15. The first kappa shape index (κ1) is 29.1. The Morgan fingerprint density at radius 2 is 1.00 bits per heavy atom. The molecule has 152 valence electrons. The Morgan fingerprint density at radius 1 is 0.692 bits per heavy atom. The topological polar surface area (TPSA) is 66.4 Å². The summed E-state index contributed by atoms with van der Waals surface area (Å²) in [6.07, 6.45) is 20.9. The van der Waals surface area contributed by atoms with Crippen LogP contribution in [0.5, 0.6) is 0 Å². The van der Waals surface area contributed by atoms with Gasteiger partial charge in [0, 0.05) is 6.61 Å². The molecule has 0 N–H and O–H groups in total. The van der Waals surface area contributed by atoms with Crippen LogP contribution >= 0.6 is 0 Å².